The Hall–Kier alpha value is -0.640. The fourth-order valence-corrected chi connectivity index (χ4v) is 3.15. The van der Waals surface area contributed by atoms with E-state index in [2.05, 4.69) is 53.9 Å². The van der Waals surface area contributed by atoms with Gasteiger partial charge in [0.1, 0.15) is 0 Å². The smallest absolute Gasteiger partial charge is 0.0414 e. The molecule has 2 aromatic heterocycles. The third kappa shape index (κ3) is 2.68. The Labute approximate surface area is 99.0 Å². The quantitative estimate of drug-likeness (QED) is 0.777. The van der Waals surface area contributed by atoms with Crippen LogP contribution in [0.15, 0.2) is 35.0 Å². The molecule has 3 heteroatoms. The largest absolute Gasteiger partial charge is 0.294 e. The first kappa shape index (κ1) is 10.9. The number of rotatable bonds is 4. The Balaban J connectivity index is 1.99. The molecule has 0 aliphatic rings. The second kappa shape index (κ2) is 4.92. The molecule has 0 saturated heterocycles. The van der Waals surface area contributed by atoms with E-state index in [9.17, 15) is 0 Å². The molecule has 0 aromatic carbocycles. The summed E-state index contributed by atoms with van der Waals surface area (Å²) in [5, 5.41) is 4.28. The van der Waals surface area contributed by atoms with Crippen molar-refractivity contribution in [1.29, 1.82) is 0 Å². The van der Waals surface area contributed by atoms with Crippen molar-refractivity contribution >= 4 is 22.7 Å². The van der Waals surface area contributed by atoms with Crippen LogP contribution in [0.4, 0.5) is 0 Å². The number of hydrogen-bond acceptors (Lipinski definition) is 3. The summed E-state index contributed by atoms with van der Waals surface area (Å²) >= 11 is 3.66. The topological polar surface area (TPSA) is 3.24 Å². The Bertz CT molecular complexity index is 378. The fraction of sp³-hybridized carbons (Fsp3) is 0.333. The van der Waals surface area contributed by atoms with Crippen LogP contribution in [0.1, 0.15) is 22.7 Å². The van der Waals surface area contributed by atoms with E-state index in [1.807, 2.05) is 22.7 Å². The maximum atomic E-state index is 2.39. The molecule has 15 heavy (non-hydrogen) atoms. The maximum Gasteiger partial charge on any atom is 0.0414 e. The number of hydrogen-bond donors (Lipinski definition) is 0. The van der Waals surface area contributed by atoms with Gasteiger partial charge in [0.05, 0.1) is 0 Å². The molecule has 0 radical (unpaired) electrons. The van der Waals surface area contributed by atoms with Crippen LogP contribution in [0.2, 0.25) is 0 Å². The molecule has 0 amide bonds. The van der Waals surface area contributed by atoms with Gasteiger partial charge in [0.15, 0.2) is 0 Å². The van der Waals surface area contributed by atoms with Gasteiger partial charge in [-0.25, -0.2) is 0 Å². The summed E-state index contributed by atoms with van der Waals surface area (Å²) in [6.45, 7) is 3.30. The lowest BCUT2D eigenvalue weighted by molar-refractivity contribution is 0.259. The van der Waals surface area contributed by atoms with Gasteiger partial charge in [-0.3, -0.25) is 4.90 Å². The SMILES string of the molecule is CC(c1cccs1)N(C)Cc1cccs1. The van der Waals surface area contributed by atoms with E-state index >= 15 is 0 Å². The van der Waals surface area contributed by atoms with Crippen molar-refractivity contribution in [1.82, 2.24) is 4.90 Å². The molecule has 0 aliphatic carbocycles. The zero-order valence-electron chi connectivity index (χ0n) is 9.01. The van der Waals surface area contributed by atoms with Crippen LogP contribution >= 0.6 is 22.7 Å². The summed E-state index contributed by atoms with van der Waals surface area (Å²) in [6.07, 6.45) is 0. The second-order valence-electron chi connectivity index (χ2n) is 3.69. The van der Waals surface area contributed by atoms with Crippen molar-refractivity contribution in [3.63, 3.8) is 0 Å². The normalized spacial score (nSPS) is 13.3. The predicted octanol–water partition coefficient (Wildman–Crippen LogP) is 4.00. The zero-order chi connectivity index (χ0) is 10.7. The van der Waals surface area contributed by atoms with E-state index < -0.39 is 0 Å². The molecule has 0 bridgehead atoms. The molecule has 2 aromatic rings. The van der Waals surface area contributed by atoms with Crippen molar-refractivity contribution in [2.75, 3.05) is 7.05 Å². The van der Waals surface area contributed by atoms with Crippen LogP contribution in [0, 0.1) is 0 Å². The van der Waals surface area contributed by atoms with E-state index in [-0.39, 0.29) is 0 Å². The van der Waals surface area contributed by atoms with Crippen LogP contribution in [-0.2, 0) is 6.54 Å². The summed E-state index contributed by atoms with van der Waals surface area (Å²) in [6, 6.07) is 9.15. The highest BCUT2D eigenvalue weighted by Crippen LogP contribution is 2.25. The highest BCUT2D eigenvalue weighted by Gasteiger charge is 2.12. The molecule has 2 heterocycles. The van der Waals surface area contributed by atoms with Gasteiger partial charge in [-0.15, -0.1) is 22.7 Å². The Morgan fingerprint density at radius 2 is 1.93 bits per heavy atom. The number of thiophene rings is 2. The monoisotopic (exact) mass is 237 g/mol. The molecule has 0 fully saturated rings. The lowest BCUT2D eigenvalue weighted by Crippen LogP contribution is -2.20. The summed E-state index contributed by atoms with van der Waals surface area (Å²) in [7, 11) is 2.18. The van der Waals surface area contributed by atoms with Crippen molar-refractivity contribution in [2.24, 2.45) is 0 Å². The molecule has 0 aliphatic heterocycles. The molecule has 0 saturated carbocycles. The van der Waals surface area contributed by atoms with Crippen molar-refractivity contribution < 1.29 is 0 Å². The molecule has 0 spiro atoms. The van der Waals surface area contributed by atoms with Crippen molar-refractivity contribution in [2.45, 2.75) is 19.5 Å². The van der Waals surface area contributed by atoms with E-state index in [0.717, 1.165) is 6.54 Å². The van der Waals surface area contributed by atoms with Gasteiger partial charge in [-0.2, -0.15) is 0 Å². The van der Waals surface area contributed by atoms with Crippen LogP contribution in [0.3, 0.4) is 0 Å². The molecule has 1 nitrogen and oxygen atoms in total. The average Bonchev–Trinajstić information content (AvgIpc) is 2.88. The van der Waals surface area contributed by atoms with Gasteiger partial charge in [0.25, 0.3) is 0 Å². The molecular formula is C12H15NS2. The summed E-state index contributed by atoms with van der Waals surface area (Å²) in [4.78, 5) is 5.26. The Kier molecular flexibility index (Phi) is 3.57. The zero-order valence-corrected chi connectivity index (χ0v) is 10.6. The third-order valence-corrected chi connectivity index (χ3v) is 4.51. The van der Waals surface area contributed by atoms with Gasteiger partial charge in [0.2, 0.25) is 0 Å². The first-order chi connectivity index (χ1) is 7.27. The molecule has 2 rings (SSSR count). The first-order valence-corrected chi connectivity index (χ1v) is 6.79. The molecule has 1 atom stereocenters. The van der Waals surface area contributed by atoms with Crippen molar-refractivity contribution in [3.05, 3.63) is 44.8 Å². The third-order valence-electron chi connectivity index (χ3n) is 2.60. The molecule has 1 unspecified atom stereocenters. The van der Waals surface area contributed by atoms with Gasteiger partial charge in [-0.05, 0) is 36.9 Å². The summed E-state index contributed by atoms with van der Waals surface area (Å²) in [5.74, 6) is 0. The summed E-state index contributed by atoms with van der Waals surface area (Å²) < 4.78 is 0. The fourth-order valence-electron chi connectivity index (χ4n) is 1.53. The van der Waals surface area contributed by atoms with Gasteiger partial charge >= 0.3 is 0 Å². The maximum absolute atomic E-state index is 2.39. The Morgan fingerprint density at radius 1 is 1.20 bits per heavy atom. The van der Waals surface area contributed by atoms with Crippen molar-refractivity contribution in [3.8, 4) is 0 Å². The van der Waals surface area contributed by atoms with Gasteiger partial charge in [-0.1, -0.05) is 12.1 Å². The molecular weight excluding hydrogens is 222 g/mol. The molecule has 80 valence electrons. The number of nitrogens with zero attached hydrogens (tertiary/aromatic N) is 1. The lowest BCUT2D eigenvalue weighted by atomic mass is 10.2. The van der Waals surface area contributed by atoms with Crippen LogP contribution in [0.5, 0.6) is 0 Å². The van der Waals surface area contributed by atoms with E-state index in [1.165, 1.54) is 9.75 Å². The highest BCUT2D eigenvalue weighted by atomic mass is 32.1. The van der Waals surface area contributed by atoms with Crippen LogP contribution in [-0.4, -0.2) is 11.9 Å². The van der Waals surface area contributed by atoms with Crippen LogP contribution < -0.4 is 0 Å². The highest BCUT2D eigenvalue weighted by molar-refractivity contribution is 7.10. The average molecular weight is 237 g/mol. The minimum Gasteiger partial charge on any atom is -0.294 e. The Morgan fingerprint density at radius 3 is 2.53 bits per heavy atom. The van der Waals surface area contributed by atoms with Gasteiger partial charge < -0.3 is 0 Å². The predicted molar refractivity (Wildman–Crippen MR) is 68.5 cm³/mol. The van der Waals surface area contributed by atoms with E-state index in [0.29, 0.717) is 6.04 Å². The second-order valence-corrected chi connectivity index (χ2v) is 5.70. The molecule has 0 N–H and O–H groups in total. The minimum atomic E-state index is 0.507. The first-order valence-electron chi connectivity index (χ1n) is 5.03. The van der Waals surface area contributed by atoms with Crippen LogP contribution in [0.25, 0.3) is 0 Å². The lowest BCUT2D eigenvalue weighted by Gasteiger charge is -2.22. The standard InChI is InChI=1S/C12H15NS2/c1-10(12-6-4-8-15-12)13(2)9-11-5-3-7-14-11/h3-8,10H,9H2,1-2H3. The minimum absolute atomic E-state index is 0.507. The summed E-state index contributed by atoms with van der Waals surface area (Å²) in [5.41, 5.74) is 0. The van der Waals surface area contributed by atoms with Gasteiger partial charge in [0, 0.05) is 22.3 Å². The van der Waals surface area contributed by atoms with E-state index in [4.69, 9.17) is 0 Å². The van der Waals surface area contributed by atoms with E-state index in [1.54, 1.807) is 0 Å².